The summed E-state index contributed by atoms with van der Waals surface area (Å²) in [6.45, 7) is 4.42. The summed E-state index contributed by atoms with van der Waals surface area (Å²) in [7, 11) is 0.661. The fourth-order valence-corrected chi connectivity index (χ4v) is 5.80. The van der Waals surface area contributed by atoms with Crippen molar-refractivity contribution in [3.8, 4) is 0 Å². The van der Waals surface area contributed by atoms with Crippen molar-refractivity contribution in [3.63, 3.8) is 0 Å². The number of aryl methyl sites for hydroxylation is 1. The van der Waals surface area contributed by atoms with Gasteiger partial charge in [0.05, 0.1) is 18.2 Å². The Balaban J connectivity index is 1.77. The number of ether oxygens (including phenoxy) is 3. The van der Waals surface area contributed by atoms with Gasteiger partial charge in [0.25, 0.3) is 0 Å². The Morgan fingerprint density at radius 2 is 1.80 bits per heavy atom. The molecule has 1 aliphatic heterocycles. The molecule has 0 spiro atoms. The number of aromatic nitrogens is 5. The number of hydrogen-bond acceptors (Lipinski definition) is 9. The van der Waals surface area contributed by atoms with E-state index in [0.29, 0.717) is 18.9 Å². The maximum Gasteiger partial charge on any atom is 0.201 e. The predicted molar refractivity (Wildman–Crippen MR) is 129 cm³/mol. The van der Waals surface area contributed by atoms with Crippen molar-refractivity contribution < 1.29 is 22.6 Å². The molecule has 2 aliphatic rings. The van der Waals surface area contributed by atoms with Crippen molar-refractivity contribution in [2.24, 2.45) is 0 Å². The second-order valence-corrected chi connectivity index (χ2v) is 10.2. The van der Waals surface area contributed by atoms with E-state index in [9.17, 15) is 8.42 Å². The first-order valence-corrected chi connectivity index (χ1v) is 13.4. The molecule has 2 fully saturated rings. The Hall–Kier alpha value is -1.99. The standard InChI is InChI=1S/C23H36N6O5S/c1-14-12-24-22(25-13-14)16(15(2)28-35(30)31)11-20-26-27-23(19-9-6-10-34-19)29(20)21-17(32-3)7-5-8-18(21)33-4/h12-13,15-19,21,35H,5-11H2,1-4H3,(H,28,30,31)/t15-,16-,17-,18+,19+,21+/m1/s1. The zero-order chi connectivity index (χ0) is 24.9. The van der Waals surface area contributed by atoms with Crippen molar-refractivity contribution in [3.05, 3.63) is 35.4 Å². The summed E-state index contributed by atoms with van der Waals surface area (Å²) in [5.41, 5.74) is 0.930. The largest absolute Gasteiger partial charge is 0.379 e. The van der Waals surface area contributed by atoms with Gasteiger partial charge in [-0.05, 0) is 51.5 Å². The van der Waals surface area contributed by atoms with Crippen molar-refractivity contribution in [2.45, 2.75) is 88.7 Å². The molecule has 12 heteroatoms. The molecule has 1 N–H and O–H groups in total. The van der Waals surface area contributed by atoms with Crippen molar-refractivity contribution in [1.29, 1.82) is 0 Å². The lowest BCUT2D eigenvalue weighted by molar-refractivity contribution is -0.0598. The summed E-state index contributed by atoms with van der Waals surface area (Å²) in [6, 6.07) is -0.570. The quantitative estimate of drug-likeness (QED) is 0.461. The van der Waals surface area contributed by atoms with E-state index in [2.05, 4.69) is 29.5 Å². The van der Waals surface area contributed by atoms with Crippen molar-refractivity contribution in [1.82, 2.24) is 29.5 Å². The molecule has 11 nitrogen and oxygen atoms in total. The molecule has 1 saturated heterocycles. The summed E-state index contributed by atoms with van der Waals surface area (Å²) >= 11 is 0. The zero-order valence-electron chi connectivity index (χ0n) is 20.8. The number of nitrogens with zero attached hydrogens (tertiary/aromatic N) is 5. The summed E-state index contributed by atoms with van der Waals surface area (Å²) in [6.07, 6.45) is 8.26. The first-order valence-electron chi connectivity index (χ1n) is 12.2. The Bertz CT molecular complexity index is 1020. The smallest absolute Gasteiger partial charge is 0.201 e. The zero-order valence-corrected chi connectivity index (χ0v) is 21.7. The average Bonchev–Trinajstić information content (AvgIpc) is 3.52. The van der Waals surface area contributed by atoms with Gasteiger partial charge in [0.1, 0.15) is 17.8 Å². The number of hydrogen-bond donors (Lipinski definition) is 2. The number of methoxy groups -OCH3 is 2. The van der Waals surface area contributed by atoms with Crippen LogP contribution in [-0.4, -0.2) is 72.2 Å². The molecule has 0 unspecified atom stereocenters. The Labute approximate surface area is 208 Å². The Morgan fingerprint density at radius 3 is 2.37 bits per heavy atom. The second-order valence-electron chi connectivity index (χ2n) is 9.42. The molecule has 0 amide bonds. The Morgan fingerprint density at radius 1 is 1.11 bits per heavy atom. The lowest BCUT2D eigenvalue weighted by Gasteiger charge is -2.39. The van der Waals surface area contributed by atoms with Crippen LogP contribution in [0.1, 0.15) is 80.1 Å². The van der Waals surface area contributed by atoms with E-state index >= 15 is 0 Å². The minimum atomic E-state index is -2.79. The monoisotopic (exact) mass is 508 g/mol. The van der Waals surface area contributed by atoms with Crippen LogP contribution in [0.5, 0.6) is 0 Å². The highest BCUT2D eigenvalue weighted by Crippen LogP contribution is 2.38. The lowest BCUT2D eigenvalue weighted by Crippen LogP contribution is -2.42. The molecular weight excluding hydrogens is 472 g/mol. The second kappa shape index (κ2) is 11.8. The van der Waals surface area contributed by atoms with Crippen LogP contribution in [0.15, 0.2) is 12.4 Å². The highest BCUT2D eigenvalue weighted by atomic mass is 32.2. The van der Waals surface area contributed by atoms with E-state index < -0.39 is 16.9 Å². The molecule has 3 heterocycles. The van der Waals surface area contributed by atoms with Gasteiger partial charge in [-0.15, -0.1) is 10.2 Å². The van der Waals surface area contributed by atoms with E-state index in [-0.39, 0.29) is 30.3 Å². The third kappa shape index (κ3) is 5.88. The first kappa shape index (κ1) is 26.1. The minimum absolute atomic E-state index is 0.0654. The minimum Gasteiger partial charge on any atom is -0.379 e. The first-order chi connectivity index (χ1) is 16.9. The van der Waals surface area contributed by atoms with Crippen LogP contribution in [0, 0.1) is 6.92 Å². The third-order valence-electron chi connectivity index (χ3n) is 7.10. The van der Waals surface area contributed by atoms with Crippen LogP contribution in [-0.2, 0) is 31.5 Å². The van der Waals surface area contributed by atoms with E-state index in [4.69, 9.17) is 14.2 Å². The van der Waals surface area contributed by atoms with E-state index in [1.165, 1.54) is 0 Å². The van der Waals surface area contributed by atoms with Crippen LogP contribution in [0.2, 0.25) is 0 Å². The van der Waals surface area contributed by atoms with Crippen molar-refractivity contribution >= 4 is 10.9 Å². The topological polar surface area (TPSA) is 130 Å². The number of rotatable bonds is 10. The van der Waals surface area contributed by atoms with Crippen LogP contribution in [0.3, 0.4) is 0 Å². The maximum absolute atomic E-state index is 11.5. The van der Waals surface area contributed by atoms with Crippen LogP contribution >= 0.6 is 0 Å². The van der Waals surface area contributed by atoms with Crippen molar-refractivity contribution in [2.75, 3.05) is 20.8 Å². The fourth-order valence-electron chi connectivity index (χ4n) is 5.29. The molecule has 6 atom stereocenters. The fraction of sp³-hybridized carbons (Fsp3) is 0.739. The molecular formula is C23H36N6O5S. The van der Waals surface area contributed by atoms with Gasteiger partial charge in [0, 0.05) is 51.6 Å². The van der Waals surface area contributed by atoms with Gasteiger partial charge in [-0.2, -0.15) is 0 Å². The SMILES string of the molecule is CO[C@H]1CCC[C@@H](OC)[C@@H]1n1c(C[C@@H](c2ncc(C)cn2)[C@@H](C)N[SH](=O)=O)nnc1[C@@H]1CCCO1. The molecule has 2 aromatic heterocycles. The molecule has 1 aliphatic carbocycles. The van der Waals surface area contributed by atoms with Crippen LogP contribution < -0.4 is 4.72 Å². The lowest BCUT2D eigenvalue weighted by atomic mass is 9.88. The molecule has 0 bridgehead atoms. The van der Waals surface area contributed by atoms with Gasteiger partial charge >= 0.3 is 0 Å². The number of nitrogens with one attached hydrogen (secondary N) is 1. The normalized spacial score (nSPS) is 26.8. The van der Waals surface area contributed by atoms with Gasteiger partial charge < -0.3 is 18.8 Å². The maximum atomic E-state index is 11.5. The molecule has 194 valence electrons. The highest BCUT2D eigenvalue weighted by Gasteiger charge is 2.40. The average molecular weight is 509 g/mol. The van der Waals surface area contributed by atoms with Crippen LogP contribution in [0.25, 0.3) is 0 Å². The predicted octanol–water partition coefficient (Wildman–Crippen LogP) is 1.81. The van der Waals surface area contributed by atoms with Gasteiger partial charge in [-0.25, -0.2) is 23.1 Å². The van der Waals surface area contributed by atoms with E-state index in [1.54, 1.807) is 26.6 Å². The summed E-state index contributed by atoms with van der Waals surface area (Å²) in [5.74, 6) is 1.69. The Kier molecular flexibility index (Phi) is 8.82. The molecule has 0 radical (unpaired) electrons. The third-order valence-corrected chi connectivity index (χ3v) is 7.72. The number of thiol groups is 1. The molecule has 1 saturated carbocycles. The van der Waals surface area contributed by atoms with E-state index in [1.807, 2.05) is 13.8 Å². The summed E-state index contributed by atoms with van der Waals surface area (Å²) < 4.78 is 45.6. The van der Waals surface area contributed by atoms with Crippen LogP contribution in [0.4, 0.5) is 0 Å². The van der Waals surface area contributed by atoms with E-state index in [0.717, 1.165) is 49.3 Å². The molecule has 4 rings (SSSR count). The summed E-state index contributed by atoms with van der Waals surface area (Å²) in [5, 5.41) is 9.19. The molecule has 0 aromatic carbocycles. The van der Waals surface area contributed by atoms with Gasteiger partial charge in [-0.1, -0.05) is 0 Å². The molecule has 2 aromatic rings. The summed E-state index contributed by atoms with van der Waals surface area (Å²) in [4.78, 5) is 9.02. The highest BCUT2D eigenvalue weighted by molar-refractivity contribution is 7.70. The molecule has 35 heavy (non-hydrogen) atoms. The van der Waals surface area contributed by atoms with Gasteiger partial charge in [-0.3, -0.25) is 0 Å². The van der Waals surface area contributed by atoms with Gasteiger partial charge in [0.2, 0.25) is 10.9 Å². The van der Waals surface area contributed by atoms with Gasteiger partial charge in [0.15, 0.2) is 5.82 Å².